The lowest BCUT2D eigenvalue weighted by Crippen LogP contribution is -2.32. The number of amides is 1. The molecule has 0 radical (unpaired) electrons. The second-order valence-corrected chi connectivity index (χ2v) is 6.35. The summed E-state index contributed by atoms with van der Waals surface area (Å²) in [4.78, 5) is 14.5. The fourth-order valence-corrected chi connectivity index (χ4v) is 2.85. The minimum Gasteiger partial charge on any atom is -0.494 e. The van der Waals surface area contributed by atoms with Crippen molar-refractivity contribution in [3.8, 4) is 5.75 Å². The van der Waals surface area contributed by atoms with Crippen LogP contribution in [0.25, 0.3) is 0 Å². The van der Waals surface area contributed by atoms with Crippen molar-refractivity contribution in [1.82, 2.24) is 4.90 Å². The molecule has 2 aromatic rings. The average Bonchev–Trinajstić information content (AvgIpc) is 3.44. The summed E-state index contributed by atoms with van der Waals surface area (Å²) in [5.41, 5.74) is 1.68. The summed E-state index contributed by atoms with van der Waals surface area (Å²) < 4.78 is 31.7. The fraction of sp³-hybridized carbons (Fsp3) is 0.350. The number of rotatable bonds is 7. The van der Waals surface area contributed by atoms with Crippen molar-refractivity contribution in [2.24, 2.45) is 0 Å². The van der Waals surface area contributed by atoms with Crippen molar-refractivity contribution in [2.75, 3.05) is 7.11 Å². The molecular weight excluding hydrogens is 324 g/mol. The molecule has 0 N–H and O–H groups in total. The van der Waals surface area contributed by atoms with E-state index in [4.69, 9.17) is 4.74 Å². The second kappa shape index (κ2) is 7.64. The van der Waals surface area contributed by atoms with E-state index in [1.165, 1.54) is 25.3 Å². The Hall–Kier alpha value is -2.43. The lowest BCUT2D eigenvalue weighted by molar-refractivity contribution is -0.132. The van der Waals surface area contributed by atoms with Gasteiger partial charge in [0.2, 0.25) is 5.91 Å². The van der Waals surface area contributed by atoms with E-state index in [9.17, 15) is 13.6 Å². The molecule has 0 spiro atoms. The SMILES string of the molecule is COc1ccc(CCC(=O)N(Cc2ccc(F)cc2)C2CC2)cc1F. The average molecular weight is 345 g/mol. The summed E-state index contributed by atoms with van der Waals surface area (Å²) >= 11 is 0. The van der Waals surface area contributed by atoms with Gasteiger partial charge in [-0.05, 0) is 54.7 Å². The molecule has 0 aliphatic heterocycles. The first kappa shape index (κ1) is 17.4. The first-order valence-electron chi connectivity index (χ1n) is 8.43. The summed E-state index contributed by atoms with van der Waals surface area (Å²) in [5, 5.41) is 0. The Bertz CT molecular complexity index is 742. The molecule has 3 nitrogen and oxygen atoms in total. The molecule has 1 fully saturated rings. The Morgan fingerprint density at radius 2 is 1.80 bits per heavy atom. The molecule has 0 unspecified atom stereocenters. The zero-order chi connectivity index (χ0) is 17.8. The highest BCUT2D eigenvalue weighted by Crippen LogP contribution is 2.29. The predicted octanol–water partition coefficient (Wildman–Crippen LogP) is 4.10. The molecular formula is C20H21F2NO2. The van der Waals surface area contributed by atoms with E-state index < -0.39 is 5.82 Å². The number of aryl methyl sites for hydroxylation is 1. The number of methoxy groups -OCH3 is 1. The molecule has 0 atom stereocenters. The zero-order valence-corrected chi connectivity index (χ0v) is 14.2. The predicted molar refractivity (Wildman–Crippen MR) is 91.2 cm³/mol. The van der Waals surface area contributed by atoms with Crippen LogP contribution in [0.5, 0.6) is 5.75 Å². The zero-order valence-electron chi connectivity index (χ0n) is 14.2. The first-order chi connectivity index (χ1) is 12.1. The summed E-state index contributed by atoms with van der Waals surface area (Å²) in [5.74, 6) is -0.457. The van der Waals surface area contributed by atoms with Gasteiger partial charge in [0.25, 0.3) is 0 Å². The van der Waals surface area contributed by atoms with E-state index >= 15 is 0 Å². The van der Waals surface area contributed by atoms with Crippen molar-refractivity contribution in [2.45, 2.75) is 38.3 Å². The van der Waals surface area contributed by atoms with Gasteiger partial charge in [-0.25, -0.2) is 8.78 Å². The maximum absolute atomic E-state index is 13.7. The molecule has 0 bridgehead atoms. The molecule has 0 saturated heterocycles. The Morgan fingerprint density at radius 1 is 1.12 bits per heavy atom. The van der Waals surface area contributed by atoms with Crippen molar-refractivity contribution >= 4 is 5.91 Å². The van der Waals surface area contributed by atoms with Gasteiger partial charge >= 0.3 is 0 Å². The van der Waals surface area contributed by atoms with Gasteiger partial charge < -0.3 is 9.64 Å². The molecule has 0 aromatic heterocycles. The smallest absolute Gasteiger partial charge is 0.223 e. The van der Waals surface area contributed by atoms with Gasteiger partial charge in [-0.1, -0.05) is 18.2 Å². The molecule has 1 aliphatic rings. The quantitative estimate of drug-likeness (QED) is 0.756. The van der Waals surface area contributed by atoms with E-state index in [1.54, 1.807) is 24.3 Å². The maximum Gasteiger partial charge on any atom is 0.223 e. The summed E-state index contributed by atoms with van der Waals surface area (Å²) in [6.07, 6.45) is 2.81. The topological polar surface area (TPSA) is 29.5 Å². The summed E-state index contributed by atoms with van der Waals surface area (Å²) in [6, 6.07) is 11.3. The summed E-state index contributed by atoms with van der Waals surface area (Å²) in [7, 11) is 1.42. The Labute approximate surface area is 146 Å². The third-order valence-corrected chi connectivity index (χ3v) is 4.42. The van der Waals surface area contributed by atoms with Gasteiger partial charge in [0.05, 0.1) is 7.11 Å². The lowest BCUT2D eigenvalue weighted by atomic mass is 10.1. The van der Waals surface area contributed by atoms with Crippen LogP contribution in [0, 0.1) is 11.6 Å². The van der Waals surface area contributed by atoms with Gasteiger partial charge in [-0.15, -0.1) is 0 Å². The van der Waals surface area contributed by atoms with Gasteiger partial charge in [0.15, 0.2) is 11.6 Å². The molecule has 1 aliphatic carbocycles. The van der Waals surface area contributed by atoms with Gasteiger partial charge in [-0.3, -0.25) is 4.79 Å². The molecule has 1 saturated carbocycles. The van der Waals surface area contributed by atoms with E-state index in [2.05, 4.69) is 0 Å². The highest BCUT2D eigenvalue weighted by molar-refractivity contribution is 5.77. The number of carbonyl (C=O) groups is 1. The number of halogens is 2. The molecule has 2 aromatic carbocycles. The van der Waals surface area contributed by atoms with E-state index in [0.717, 1.165) is 24.0 Å². The molecule has 25 heavy (non-hydrogen) atoms. The van der Waals surface area contributed by atoms with Gasteiger partial charge in [0, 0.05) is 19.0 Å². The molecule has 1 amide bonds. The fourth-order valence-electron chi connectivity index (χ4n) is 2.85. The standard InChI is InChI=1S/C20H21F2NO2/c1-25-19-10-4-14(12-18(19)22)5-11-20(24)23(17-8-9-17)13-15-2-6-16(21)7-3-15/h2-4,6-7,10,12,17H,5,8-9,11,13H2,1H3. The van der Waals surface area contributed by atoms with Crippen LogP contribution in [0.2, 0.25) is 0 Å². The van der Waals surface area contributed by atoms with Crippen LogP contribution in [-0.2, 0) is 17.8 Å². The molecule has 0 heterocycles. The van der Waals surface area contributed by atoms with Crippen LogP contribution < -0.4 is 4.74 Å². The largest absolute Gasteiger partial charge is 0.494 e. The lowest BCUT2D eigenvalue weighted by Gasteiger charge is -2.22. The molecule has 3 rings (SSSR count). The van der Waals surface area contributed by atoms with Crippen LogP contribution >= 0.6 is 0 Å². The third-order valence-electron chi connectivity index (χ3n) is 4.42. The van der Waals surface area contributed by atoms with Crippen LogP contribution in [0.1, 0.15) is 30.4 Å². The Kier molecular flexibility index (Phi) is 5.31. The van der Waals surface area contributed by atoms with Gasteiger partial charge in [-0.2, -0.15) is 0 Å². The first-order valence-corrected chi connectivity index (χ1v) is 8.43. The maximum atomic E-state index is 13.7. The Morgan fingerprint density at radius 3 is 2.40 bits per heavy atom. The molecule has 132 valence electrons. The third kappa shape index (κ3) is 4.56. The number of benzene rings is 2. The van der Waals surface area contributed by atoms with Crippen LogP contribution in [0.4, 0.5) is 8.78 Å². The van der Waals surface area contributed by atoms with E-state index in [1.807, 2.05) is 4.90 Å². The van der Waals surface area contributed by atoms with Crippen molar-refractivity contribution in [1.29, 1.82) is 0 Å². The normalized spacial score (nSPS) is 13.6. The molecule has 5 heteroatoms. The monoisotopic (exact) mass is 345 g/mol. The van der Waals surface area contributed by atoms with Crippen LogP contribution in [0.3, 0.4) is 0 Å². The van der Waals surface area contributed by atoms with Crippen LogP contribution in [-0.4, -0.2) is 24.0 Å². The van der Waals surface area contributed by atoms with Crippen molar-refractivity contribution < 1.29 is 18.3 Å². The van der Waals surface area contributed by atoms with Crippen molar-refractivity contribution in [3.63, 3.8) is 0 Å². The highest BCUT2D eigenvalue weighted by Gasteiger charge is 2.32. The minimum absolute atomic E-state index is 0.0445. The van der Waals surface area contributed by atoms with E-state index in [-0.39, 0.29) is 23.5 Å². The number of hydrogen-bond donors (Lipinski definition) is 0. The highest BCUT2D eigenvalue weighted by atomic mass is 19.1. The Balaban J connectivity index is 1.61. The second-order valence-electron chi connectivity index (χ2n) is 6.35. The number of hydrogen-bond acceptors (Lipinski definition) is 2. The number of nitrogens with zero attached hydrogens (tertiary/aromatic N) is 1. The minimum atomic E-state index is -0.419. The number of carbonyl (C=O) groups excluding carboxylic acids is 1. The van der Waals surface area contributed by atoms with Gasteiger partial charge in [0.1, 0.15) is 5.82 Å². The summed E-state index contributed by atoms with van der Waals surface area (Å²) in [6.45, 7) is 0.487. The van der Waals surface area contributed by atoms with E-state index in [0.29, 0.717) is 19.4 Å². The van der Waals surface area contributed by atoms with Crippen molar-refractivity contribution in [3.05, 3.63) is 65.2 Å². The van der Waals surface area contributed by atoms with Crippen LogP contribution in [0.15, 0.2) is 42.5 Å². The number of ether oxygens (including phenoxy) is 1.